The standard InChI is InChI=1S/C33H39NO5/c1-4-14-28(34-21-25-15-8-5-9-16-25)29-30(36-23-27-19-12-7-13-20-27)31-33(37-29,39-32(2,3)38-31)24-35-22-26-17-10-6-11-18-26/h4-13,15-20,28-31,34H,1,14,21-24H2,2-3H3/t28-,29-,30+,31-,33-/m0/s1. The summed E-state index contributed by atoms with van der Waals surface area (Å²) in [5.41, 5.74) is 3.37. The molecule has 206 valence electrons. The van der Waals surface area contributed by atoms with Crippen LogP contribution < -0.4 is 5.32 Å². The van der Waals surface area contributed by atoms with Crippen LogP contribution in [0.25, 0.3) is 0 Å². The van der Waals surface area contributed by atoms with Gasteiger partial charge >= 0.3 is 0 Å². The number of fused-ring (bicyclic) bond motifs is 1. The molecule has 0 bridgehead atoms. The highest BCUT2D eigenvalue weighted by Gasteiger charge is 2.66. The molecule has 0 unspecified atom stereocenters. The van der Waals surface area contributed by atoms with Gasteiger partial charge in [0.1, 0.15) is 24.9 Å². The van der Waals surface area contributed by atoms with Crippen molar-refractivity contribution in [2.24, 2.45) is 0 Å². The van der Waals surface area contributed by atoms with Gasteiger partial charge in [-0.25, -0.2) is 0 Å². The molecular formula is C33H39NO5. The maximum absolute atomic E-state index is 6.84. The second-order valence-corrected chi connectivity index (χ2v) is 10.7. The quantitative estimate of drug-likeness (QED) is 0.284. The zero-order valence-corrected chi connectivity index (χ0v) is 22.8. The molecule has 3 aromatic carbocycles. The van der Waals surface area contributed by atoms with E-state index in [9.17, 15) is 0 Å². The Morgan fingerprint density at radius 3 is 2.05 bits per heavy atom. The normalized spacial score (nSPS) is 26.3. The monoisotopic (exact) mass is 529 g/mol. The Kier molecular flexibility index (Phi) is 8.92. The van der Waals surface area contributed by atoms with Crippen LogP contribution in [0.5, 0.6) is 0 Å². The van der Waals surface area contributed by atoms with Crippen molar-refractivity contribution in [3.63, 3.8) is 0 Å². The summed E-state index contributed by atoms with van der Waals surface area (Å²) in [5, 5.41) is 3.69. The Hall–Kier alpha value is -2.84. The van der Waals surface area contributed by atoms with E-state index in [1.54, 1.807) is 0 Å². The zero-order valence-electron chi connectivity index (χ0n) is 22.8. The highest BCUT2D eigenvalue weighted by Crippen LogP contribution is 2.48. The van der Waals surface area contributed by atoms with Gasteiger partial charge in [-0.3, -0.25) is 0 Å². The molecule has 39 heavy (non-hydrogen) atoms. The van der Waals surface area contributed by atoms with Crippen LogP contribution in [0.2, 0.25) is 0 Å². The van der Waals surface area contributed by atoms with E-state index in [0.717, 1.165) is 11.1 Å². The molecule has 5 rings (SSSR count). The minimum atomic E-state index is -1.10. The van der Waals surface area contributed by atoms with Gasteiger partial charge in [-0.05, 0) is 37.0 Å². The summed E-state index contributed by atoms with van der Waals surface area (Å²) in [7, 11) is 0. The van der Waals surface area contributed by atoms with Crippen LogP contribution in [0.3, 0.4) is 0 Å². The van der Waals surface area contributed by atoms with Crippen molar-refractivity contribution in [2.45, 2.75) is 76.0 Å². The highest BCUT2D eigenvalue weighted by atomic mass is 16.9. The van der Waals surface area contributed by atoms with E-state index >= 15 is 0 Å². The van der Waals surface area contributed by atoms with Gasteiger partial charge < -0.3 is 29.0 Å². The van der Waals surface area contributed by atoms with Crippen molar-refractivity contribution < 1.29 is 23.7 Å². The minimum Gasteiger partial charge on any atom is -0.371 e. The van der Waals surface area contributed by atoms with Gasteiger partial charge in [0.25, 0.3) is 0 Å². The highest BCUT2D eigenvalue weighted by molar-refractivity contribution is 5.17. The van der Waals surface area contributed by atoms with E-state index in [-0.39, 0.29) is 24.9 Å². The molecule has 2 heterocycles. The number of rotatable bonds is 13. The molecule has 0 amide bonds. The molecule has 3 aromatic rings. The molecule has 2 fully saturated rings. The van der Waals surface area contributed by atoms with Crippen LogP contribution >= 0.6 is 0 Å². The van der Waals surface area contributed by atoms with E-state index < -0.39 is 17.7 Å². The van der Waals surface area contributed by atoms with Gasteiger partial charge in [0.05, 0.1) is 13.2 Å². The maximum Gasteiger partial charge on any atom is 0.224 e. The van der Waals surface area contributed by atoms with Crippen molar-refractivity contribution >= 4 is 0 Å². The minimum absolute atomic E-state index is 0.0737. The molecular weight excluding hydrogens is 490 g/mol. The van der Waals surface area contributed by atoms with E-state index in [0.29, 0.717) is 26.2 Å². The number of benzene rings is 3. The van der Waals surface area contributed by atoms with Crippen molar-refractivity contribution in [1.82, 2.24) is 5.32 Å². The number of nitrogens with one attached hydrogen (secondary N) is 1. The van der Waals surface area contributed by atoms with Gasteiger partial charge in [0.15, 0.2) is 5.79 Å². The molecule has 0 aromatic heterocycles. The van der Waals surface area contributed by atoms with Gasteiger partial charge in [-0.2, -0.15) is 0 Å². The van der Waals surface area contributed by atoms with E-state index in [1.807, 2.05) is 86.7 Å². The molecule has 0 aliphatic carbocycles. The molecule has 5 atom stereocenters. The van der Waals surface area contributed by atoms with Crippen molar-refractivity contribution in [3.8, 4) is 0 Å². The second kappa shape index (κ2) is 12.6. The second-order valence-electron chi connectivity index (χ2n) is 10.7. The Labute approximate surface area is 231 Å². The molecule has 2 saturated heterocycles. The fourth-order valence-electron chi connectivity index (χ4n) is 5.42. The van der Waals surface area contributed by atoms with Crippen LogP contribution in [0, 0.1) is 0 Å². The summed E-state index contributed by atoms with van der Waals surface area (Å²) in [6.45, 7) is 9.63. The topological polar surface area (TPSA) is 58.2 Å². The Bertz CT molecular complexity index is 1170. The first kappa shape index (κ1) is 27.7. The average Bonchev–Trinajstić information content (AvgIpc) is 3.38. The molecule has 2 aliphatic heterocycles. The lowest BCUT2D eigenvalue weighted by atomic mass is 9.98. The fourth-order valence-corrected chi connectivity index (χ4v) is 5.42. The molecule has 2 aliphatic rings. The largest absolute Gasteiger partial charge is 0.371 e. The summed E-state index contributed by atoms with van der Waals surface area (Å²) in [6.07, 6.45) is 1.40. The third kappa shape index (κ3) is 6.84. The van der Waals surface area contributed by atoms with Crippen molar-refractivity contribution in [1.29, 1.82) is 0 Å². The van der Waals surface area contributed by atoms with Gasteiger partial charge in [-0.15, -0.1) is 6.58 Å². The number of hydrogen-bond acceptors (Lipinski definition) is 6. The number of ether oxygens (including phenoxy) is 5. The Balaban J connectivity index is 1.39. The Morgan fingerprint density at radius 1 is 0.846 bits per heavy atom. The lowest BCUT2D eigenvalue weighted by molar-refractivity contribution is -0.282. The number of hydrogen-bond donors (Lipinski definition) is 1. The van der Waals surface area contributed by atoms with E-state index in [1.165, 1.54) is 5.56 Å². The van der Waals surface area contributed by atoms with Crippen LogP contribution in [0.4, 0.5) is 0 Å². The predicted octanol–water partition coefficient (Wildman–Crippen LogP) is 5.77. The molecule has 0 radical (unpaired) electrons. The SMILES string of the molecule is C=CC[C@H](NCc1ccccc1)[C@@H]1O[C@@]2(COCc3ccccc3)OC(C)(C)O[C@H]2[C@@H]1OCc1ccccc1. The fraction of sp³-hybridized carbons (Fsp3) is 0.394. The third-order valence-corrected chi connectivity index (χ3v) is 7.15. The summed E-state index contributed by atoms with van der Waals surface area (Å²) in [6, 6.07) is 30.5. The first-order valence-electron chi connectivity index (χ1n) is 13.7. The smallest absolute Gasteiger partial charge is 0.224 e. The van der Waals surface area contributed by atoms with Crippen LogP contribution in [0.1, 0.15) is 37.0 Å². The lowest BCUT2D eigenvalue weighted by Crippen LogP contribution is -2.48. The van der Waals surface area contributed by atoms with Gasteiger partial charge in [0.2, 0.25) is 5.79 Å². The van der Waals surface area contributed by atoms with Crippen LogP contribution in [-0.2, 0) is 43.4 Å². The van der Waals surface area contributed by atoms with Crippen molar-refractivity contribution in [3.05, 3.63) is 120 Å². The van der Waals surface area contributed by atoms with Crippen LogP contribution in [-0.4, -0.2) is 42.5 Å². The summed E-state index contributed by atoms with van der Waals surface area (Å²) >= 11 is 0. The summed E-state index contributed by atoms with van der Waals surface area (Å²) < 4.78 is 32.7. The first-order chi connectivity index (χ1) is 19.0. The molecule has 0 spiro atoms. The molecule has 6 heteroatoms. The average molecular weight is 530 g/mol. The van der Waals surface area contributed by atoms with E-state index in [2.05, 4.69) is 36.2 Å². The molecule has 6 nitrogen and oxygen atoms in total. The lowest BCUT2D eigenvalue weighted by Gasteiger charge is -2.32. The van der Waals surface area contributed by atoms with Gasteiger partial charge in [0, 0.05) is 12.6 Å². The van der Waals surface area contributed by atoms with Crippen molar-refractivity contribution in [2.75, 3.05) is 6.61 Å². The van der Waals surface area contributed by atoms with Crippen LogP contribution in [0.15, 0.2) is 104 Å². The third-order valence-electron chi connectivity index (χ3n) is 7.15. The van der Waals surface area contributed by atoms with Gasteiger partial charge in [-0.1, -0.05) is 97.1 Å². The maximum atomic E-state index is 6.84. The zero-order chi connectivity index (χ0) is 27.1. The Morgan fingerprint density at radius 2 is 1.44 bits per heavy atom. The summed E-state index contributed by atoms with van der Waals surface area (Å²) in [4.78, 5) is 0. The molecule has 1 N–H and O–H groups in total. The first-order valence-corrected chi connectivity index (χ1v) is 13.7. The predicted molar refractivity (Wildman–Crippen MR) is 151 cm³/mol. The molecule has 0 saturated carbocycles. The summed E-state index contributed by atoms with van der Waals surface area (Å²) in [5.74, 6) is -1.94. The van der Waals surface area contributed by atoms with E-state index in [4.69, 9.17) is 23.7 Å².